The predicted octanol–water partition coefficient (Wildman–Crippen LogP) is 4.80. The zero-order valence-electron chi connectivity index (χ0n) is 14.0. The van der Waals surface area contributed by atoms with Crippen LogP contribution in [0.4, 0.5) is 10.5 Å². The topological polar surface area (TPSA) is 66.0 Å². The molecule has 1 aromatic heterocycles. The van der Waals surface area contributed by atoms with Crippen LogP contribution in [0.5, 0.6) is 0 Å². The van der Waals surface area contributed by atoms with E-state index in [1.54, 1.807) is 12.4 Å². The number of urea groups is 1. The fourth-order valence-electron chi connectivity index (χ4n) is 2.30. The van der Waals surface area contributed by atoms with Gasteiger partial charge >= 0.3 is 6.03 Å². The van der Waals surface area contributed by atoms with Gasteiger partial charge in [0.2, 0.25) is 0 Å². The van der Waals surface area contributed by atoms with E-state index in [4.69, 9.17) is 11.6 Å². The SMILES string of the molecule is O=C(NCc1ccncc1)Nc1ccc(SNC2=C(Cl)CCC=C2)cc1. The van der Waals surface area contributed by atoms with Crippen molar-refractivity contribution in [2.24, 2.45) is 0 Å². The van der Waals surface area contributed by atoms with Gasteiger partial charge in [-0.05, 0) is 72.8 Å². The highest BCUT2D eigenvalue weighted by Crippen LogP contribution is 2.25. The number of aromatic nitrogens is 1. The van der Waals surface area contributed by atoms with Gasteiger partial charge < -0.3 is 15.4 Å². The lowest BCUT2D eigenvalue weighted by molar-refractivity contribution is 0.251. The van der Waals surface area contributed by atoms with E-state index in [1.165, 1.54) is 11.9 Å². The Bertz CT molecular complexity index is 806. The molecular weight excluding hydrogens is 368 g/mol. The summed E-state index contributed by atoms with van der Waals surface area (Å²) in [5.41, 5.74) is 2.68. The molecule has 26 heavy (non-hydrogen) atoms. The van der Waals surface area contributed by atoms with E-state index in [1.807, 2.05) is 42.5 Å². The van der Waals surface area contributed by atoms with Crippen molar-refractivity contribution in [3.63, 3.8) is 0 Å². The van der Waals surface area contributed by atoms with E-state index in [2.05, 4.69) is 26.4 Å². The number of nitrogens with one attached hydrogen (secondary N) is 3. The van der Waals surface area contributed by atoms with Gasteiger partial charge in [0.1, 0.15) is 0 Å². The average molecular weight is 387 g/mol. The van der Waals surface area contributed by atoms with Crippen LogP contribution in [0.1, 0.15) is 18.4 Å². The molecule has 2 aromatic rings. The summed E-state index contributed by atoms with van der Waals surface area (Å²) in [7, 11) is 0. The molecule has 134 valence electrons. The molecule has 0 saturated heterocycles. The average Bonchev–Trinajstić information content (AvgIpc) is 2.68. The smallest absolute Gasteiger partial charge is 0.319 e. The molecule has 1 aliphatic carbocycles. The van der Waals surface area contributed by atoms with Crippen molar-refractivity contribution in [2.45, 2.75) is 24.3 Å². The number of benzene rings is 1. The van der Waals surface area contributed by atoms with E-state index in [-0.39, 0.29) is 6.03 Å². The highest BCUT2D eigenvalue weighted by Gasteiger charge is 2.06. The lowest BCUT2D eigenvalue weighted by Crippen LogP contribution is -2.28. The fourth-order valence-corrected chi connectivity index (χ4v) is 3.27. The predicted molar refractivity (Wildman–Crippen MR) is 107 cm³/mol. The number of pyridine rings is 1. The molecule has 1 heterocycles. The van der Waals surface area contributed by atoms with Crippen LogP contribution in [0.15, 0.2) is 76.6 Å². The third-order valence-electron chi connectivity index (χ3n) is 3.70. The first-order valence-corrected chi connectivity index (χ1v) is 9.42. The van der Waals surface area contributed by atoms with Crippen LogP contribution < -0.4 is 15.4 Å². The first kappa shape index (κ1) is 18.4. The number of amides is 2. The first-order chi connectivity index (χ1) is 12.7. The summed E-state index contributed by atoms with van der Waals surface area (Å²) in [6.07, 6.45) is 9.36. The summed E-state index contributed by atoms with van der Waals surface area (Å²) in [4.78, 5) is 16.9. The summed E-state index contributed by atoms with van der Waals surface area (Å²) >= 11 is 7.69. The summed E-state index contributed by atoms with van der Waals surface area (Å²) in [6, 6.07) is 11.1. The van der Waals surface area contributed by atoms with E-state index in [0.717, 1.165) is 39.7 Å². The van der Waals surface area contributed by atoms with Crippen LogP contribution in [0, 0.1) is 0 Å². The van der Waals surface area contributed by atoms with Gasteiger partial charge in [-0.1, -0.05) is 17.7 Å². The number of allylic oxidation sites excluding steroid dienone is 3. The van der Waals surface area contributed by atoms with Crippen LogP contribution in [0.3, 0.4) is 0 Å². The number of rotatable bonds is 6. The number of carbonyl (C=O) groups excluding carboxylic acids is 1. The largest absolute Gasteiger partial charge is 0.334 e. The maximum Gasteiger partial charge on any atom is 0.319 e. The van der Waals surface area contributed by atoms with Crippen molar-refractivity contribution in [1.29, 1.82) is 0 Å². The van der Waals surface area contributed by atoms with Gasteiger partial charge in [-0.25, -0.2) is 4.79 Å². The first-order valence-electron chi connectivity index (χ1n) is 8.22. The molecule has 0 unspecified atom stereocenters. The van der Waals surface area contributed by atoms with Gasteiger partial charge in [-0.2, -0.15) is 0 Å². The summed E-state index contributed by atoms with van der Waals surface area (Å²) in [5, 5.41) is 6.48. The van der Waals surface area contributed by atoms with Crippen molar-refractivity contribution in [3.8, 4) is 0 Å². The van der Waals surface area contributed by atoms with Crippen LogP contribution in [-0.4, -0.2) is 11.0 Å². The number of nitrogens with zero attached hydrogens (tertiary/aromatic N) is 1. The molecule has 7 heteroatoms. The van der Waals surface area contributed by atoms with Crippen molar-refractivity contribution < 1.29 is 4.79 Å². The van der Waals surface area contributed by atoms with E-state index in [9.17, 15) is 4.79 Å². The van der Waals surface area contributed by atoms with Gasteiger partial charge in [-0.15, -0.1) is 0 Å². The second kappa shape index (κ2) is 9.31. The Balaban J connectivity index is 1.46. The minimum atomic E-state index is -0.246. The number of hydrogen-bond acceptors (Lipinski definition) is 4. The Hall–Kier alpha value is -2.44. The lowest BCUT2D eigenvalue weighted by atomic mass is 10.1. The molecule has 0 spiro atoms. The highest BCUT2D eigenvalue weighted by molar-refractivity contribution is 7.97. The molecule has 3 N–H and O–H groups in total. The molecule has 0 bridgehead atoms. The molecule has 0 saturated carbocycles. The highest BCUT2D eigenvalue weighted by atomic mass is 35.5. The molecule has 0 fully saturated rings. The molecule has 1 aromatic carbocycles. The van der Waals surface area contributed by atoms with E-state index in [0.29, 0.717) is 6.54 Å². The number of anilines is 1. The Morgan fingerprint density at radius 1 is 1.15 bits per heavy atom. The minimum Gasteiger partial charge on any atom is -0.334 e. The molecule has 0 atom stereocenters. The molecule has 0 radical (unpaired) electrons. The Labute approximate surface area is 162 Å². The Morgan fingerprint density at radius 2 is 1.92 bits per heavy atom. The number of carbonyl (C=O) groups is 1. The molecule has 2 amide bonds. The third kappa shape index (κ3) is 5.54. The Morgan fingerprint density at radius 3 is 2.65 bits per heavy atom. The summed E-state index contributed by atoms with van der Waals surface area (Å²) in [5.74, 6) is 0. The van der Waals surface area contributed by atoms with E-state index < -0.39 is 0 Å². The fraction of sp³-hybridized carbons (Fsp3) is 0.158. The van der Waals surface area contributed by atoms with Crippen molar-refractivity contribution >= 4 is 35.3 Å². The number of hydrogen-bond donors (Lipinski definition) is 3. The van der Waals surface area contributed by atoms with Crippen molar-refractivity contribution in [3.05, 3.63) is 77.2 Å². The maximum absolute atomic E-state index is 12.0. The molecular formula is C19H19ClN4OS. The second-order valence-corrected chi connectivity index (χ2v) is 6.99. The van der Waals surface area contributed by atoms with Crippen LogP contribution in [-0.2, 0) is 6.54 Å². The van der Waals surface area contributed by atoms with Gasteiger partial charge in [0.25, 0.3) is 0 Å². The van der Waals surface area contributed by atoms with Crippen molar-refractivity contribution in [1.82, 2.24) is 15.0 Å². The third-order valence-corrected chi connectivity index (χ3v) is 4.92. The maximum atomic E-state index is 12.0. The van der Waals surface area contributed by atoms with Gasteiger partial charge in [0, 0.05) is 34.6 Å². The van der Waals surface area contributed by atoms with Gasteiger partial charge in [-0.3, -0.25) is 4.98 Å². The van der Waals surface area contributed by atoms with Crippen LogP contribution >= 0.6 is 23.5 Å². The summed E-state index contributed by atoms with van der Waals surface area (Å²) < 4.78 is 3.26. The normalized spacial score (nSPS) is 13.4. The second-order valence-electron chi connectivity index (χ2n) is 5.65. The zero-order chi connectivity index (χ0) is 18.2. The van der Waals surface area contributed by atoms with Gasteiger partial charge in [0.15, 0.2) is 0 Å². The van der Waals surface area contributed by atoms with E-state index >= 15 is 0 Å². The Kier molecular flexibility index (Phi) is 6.57. The van der Waals surface area contributed by atoms with Crippen molar-refractivity contribution in [2.75, 3.05) is 5.32 Å². The van der Waals surface area contributed by atoms with Gasteiger partial charge in [0.05, 0.1) is 5.70 Å². The monoisotopic (exact) mass is 386 g/mol. The molecule has 5 nitrogen and oxygen atoms in total. The standard InChI is InChI=1S/C19H19ClN4OS/c20-17-3-1-2-4-18(17)24-26-16-7-5-15(6-8-16)23-19(25)22-13-14-9-11-21-12-10-14/h2,4-12,24H,1,3,13H2,(H2,22,23,25). The molecule has 1 aliphatic rings. The van der Waals surface area contributed by atoms with Crippen LogP contribution in [0.25, 0.3) is 0 Å². The minimum absolute atomic E-state index is 0.246. The summed E-state index contributed by atoms with van der Waals surface area (Å²) in [6.45, 7) is 0.454. The lowest BCUT2D eigenvalue weighted by Gasteiger charge is -2.13. The quantitative estimate of drug-likeness (QED) is 0.624. The number of halogens is 1. The molecule has 0 aliphatic heterocycles. The molecule has 3 rings (SSSR count). The van der Waals surface area contributed by atoms with Crippen LogP contribution in [0.2, 0.25) is 0 Å². The zero-order valence-corrected chi connectivity index (χ0v) is 15.6.